The van der Waals surface area contributed by atoms with E-state index in [2.05, 4.69) is 0 Å². The molecule has 0 N–H and O–H groups in total. The summed E-state index contributed by atoms with van der Waals surface area (Å²) in [5.74, 6) is -0.129. The Balaban J connectivity index is 2.28. The average molecular weight is 195 g/mol. The van der Waals surface area contributed by atoms with Gasteiger partial charge in [0.15, 0.2) is 0 Å². The van der Waals surface area contributed by atoms with Crippen molar-refractivity contribution >= 4 is 17.9 Å². The molecule has 1 saturated carbocycles. The largest absolute Gasteiger partial charge is 0.303 e. The van der Waals surface area contributed by atoms with Crippen LogP contribution >= 0.6 is 11.6 Å². The van der Waals surface area contributed by atoms with Gasteiger partial charge in [-0.15, -0.1) is 11.6 Å². The number of aldehydes is 1. The zero-order chi connectivity index (χ0) is 9.31. The average Bonchev–Trinajstić information content (AvgIpc) is 2.87. The van der Waals surface area contributed by atoms with Crippen molar-refractivity contribution in [2.45, 2.75) is 23.6 Å². The fraction of sp³-hybridized carbons (Fsp3) is 0.364. The van der Waals surface area contributed by atoms with E-state index in [9.17, 15) is 4.79 Å². The van der Waals surface area contributed by atoms with Crippen LogP contribution in [0, 0.1) is 0 Å². The number of hydrogen-bond acceptors (Lipinski definition) is 1. The van der Waals surface area contributed by atoms with E-state index in [1.54, 1.807) is 0 Å². The van der Waals surface area contributed by atoms with Crippen molar-refractivity contribution in [2.24, 2.45) is 0 Å². The first kappa shape index (κ1) is 8.76. The van der Waals surface area contributed by atoms with Gasteiger partial charge in [0.05, 0.1) is 10.8 Å². The third-order valence-electron chi connectivity index (χ3n) is 2.58. The summed E-state index contributed by atoms with van der Waals surface area (Å²) in [7, 11) is 0. The zero-order valence-corrected chi connectivity index (χ0v) is 8.00. The molecule has 0 radical (unpaired) electrons. The SMILES string of the molecule is O=CC(c1ccccc1)C1(Cl)CC1. The molecular formula is C11H11ClO. The molecular weight excluding hydrogens is 184 g/mol. The van der Waals surface area contributed by atoms with Crippen molar-refractivity contribution in [3.05, 3.63) is 35.9 Å². The molecule has 1 aromatic carbocycles. The molecule has 0 spiro atoms. The molecule has 2 heteroatoms. The van der Waals surface area contributed by atoms with Crippen LogP contribution in [0.1, 0.15) is 24.3 Å². The Morgan fingerprint density at radius 3 is 2.38 bits per heavy atom. The van der Waals surface area contributed by atoms with Crippen LogP contribution in [0.25, 0.3) is 0 Å². The highest BCUT2D eigenvalue weighted by atomic mass is 35.5. The van der Waals surface area contributed by atoms with Gasteiger partial charge in [0.2, 0.25) is 0 Å². The minimum atomic E-state index is -0.275. The maximum Gasteiger partial charge on any atom is 0.129 e. The lowest BCUT2D eigenvalue weighted by Gasteiger charge is -2.15. The lowest BCUT2D eigenvalue weighted by molar-refractivity contribution is -0.109. The summed E-state index contributed by atoms with van der Waals surface area (Å²) in [4.78, 5) is 10.6. The summed E-state index contributed by atoms with van der Waals surface area (Å²) in [5, 5.41) is 0. The van der Waals surface area contributed by atoms with Gasteiger partial charge in [-0.1, -0.05) is 30.3 Å². The summed E-state index contributed by atoms with van der Waals surface area (Å²) < 4.78 is 0. The molecule has 1 nitrogen and oxygen atoms in total. The number of benzene rings is 1. The fourth-order valence-corrected chi connectivity index (χ4v) is 1.86. The Bertz CT molecular complexity index is 303. The molecule has 0 bridgehead atoms. The van der Waals surface area contributed by atoms with E-state index in [-0.39, 0.29) is 10.8 Å². The zero-order valence-electron chi connectivity index (χ0n) is 7.24. The number of alkyl halides is 1. The molecule has 68 valence electrons. The second-order valence-electron chi connectivity index (χ2n) is 3.56. The molecule has 13 heavy (non-hydrogen) atoms. The second-order valence-corrected chi connectivity index (χ2v) is 4.31. The van der Waals surface area contributed by atoms with Crippen LogP contribution in [0.2, 0.25) is 0 Å². The van der Waals surface area contributed by atoms with E-state index in [0.29, 0.717) is 0 Å². The first-order chi connectivity index (χ1) is 6.26. The van der Waals surface area contributed by atoms with E-state index < -0.39 is 0 Å². The van der Waals surface area contributed by atoms with Gasteiger partial charge >= 0.3 is 0 Å². The van der Waals surface area contributed by atoms with Crippen LogP contribution in [-0.4, -0.2) is 11.2 Å². The Morgan fingerprint density at radius 1 is 1.31 bits per heavy atom. The number of hydrogen-bond donors (Lipinski definition) is 0. The molecule has 1 unspecified atom stereocenters. The first-order valence-electron chi connectivity index (χ1n) is 4.45. The molecule has 0 aliphatic heterocycles. The van der Waals surface area contributed by atoms with Crippen molar-refractivity contribution in [1.82, 2.24) is 0 Å². The van der Waals surface area contributed by atoms with E-state index in [1.165, 1.54) is 0 Å². The highest BCUT2D eigenvalue weighted by Crippen LogP contribution is 2.52. The summed E-state index contributed by atoms with van der Waals surface area (Å²) >= 11 is 6.21. The van der Waals surface area contributed by atoms with Gasteiger partial charge in [0.25, 0.3) is 0 Å². The van der Waals surface area contributed by atoms with E-state index in [0.717, 1.165) is 24.7 Å². The summed E-state index contributed by atoms with van der Waals surface area (Å²) in [6.07, 6.45) is 2.87. The molecule has 0 amide bonds. The van der Waals surface area contributed by atoms with E-state index in [1.807, 2.05) is 30.3 Å². The van der Waals surface area contributed by atoms with Crippen molar-refractivity contribution in [3.63, 3.8) is 0 Å². The van der Waals surface area contributed by atoms with Crippen molar-refractivity contribution in [1.29, 1.82) is 0 Å². The highest BCUT2D eigenvalue weighted by Gasteiger charge is 2.48. The molecule has 1 aromatic rings. The normalized spacial score (nSPS) is 20.7. The van der Waals surface area contributed by atoms with Gasteiger partial charge in [-0.05, 0) is 18.4 Å². The molecule has 0 heterocycles. The van der Waals surface area contributed by atoms with Crippen LogP contribution in [0.4, 0.5) is 0 Å². The monoisotopic (exact) mass is 194 g/mol. The highest BCUT2D eigenvalue weighted by molar-refractivity contribution is 6.27. The lowest BCUT2D eigenvalue weighted by Crippen LogP contribution is -2.15. The number of rotatable bonds is 3. The number of halogens is 1. The standard InChI is InChI=1S/C11H11ClO/c12-11(6-7-11)10(8-13)9-4-2-1-3-5-9/h1-5,8,10H,6-7H2. The fourth-order valence-electron chi connectivity index (χ4n) is 1.59. The predicted octanol–water partition coefficient (Wildman–Crippen LogP) is 2.74. The molecule has 0 aromatic heterocycles. The van der Waals surface area contributed by atoms with Crippen molar-refractivity contribution in [3.8, 4) is 0 Å². The lowest BCUT2D eigenvalue weighted by atomic mass is 9.95. The smallest absolute Gasteiger partial charge is 0.129 e. The second kappa shape index (κ2) is 3.15. The number of carbonyl (C=O) groups is 1. The topological polar surface area (TPSA) is 17.1 Å². The predicted molar refractivity (Wildman–Crippen MR) is 53.1 cm³/mol. The third kappa shape index (κ3) is 1.61. The maximum atomic E-state index is 10.9. The van der Waals surface area contributed by atoms with Crippen molar-refractivity contribution in [2.75, 3.05) is 0 Å². The Labute approximate surface area is 82.7 Å². The summed E-state index contributed by atoms with van der Waals surface area (Å²) in [5.41, 5.74) is 1.03. The Kier molecular flexibility index (Phi) is 2.12. The molecule has 0 saturated heterocycles. The minimum absolute atomic E-state index is 0.129. The molecule has 1 aliphatic carbocycles. The van der Waals surface area contributed by atoms with Gasteiger partial charge in [0.1, 0.15) is 6.29 Å². The van der Waals surface area contributed by atoms with Crippen LogP contribution in [0.3, 0.4) is 0 Å². The van der Waals surface area contributed by atoms with Crippen LogP contribution in [-0.2, 0) is 4.79 Å². The Morgan fingerprint density at radius 2 is 1.92 bits per heavy atom. The maximum absolute atomic E-state index is 10.9. The van der Waals surface area contributed by atoms with E-state index in [4.69, 9.17) is 11.6 Å². The molecule has 2 rings (SSSR count). The van der Waals surface area contributed by atoms with Gasteiger partial charge in [-0.3, -0.25) is 0 Å². The van der Waals surface area contributed by atoms with E-state index >= 15 is 0 Å². The molecule has 1 atom stereocenters. The first-order valence-corrected chi connectivity index (χ1v) is 4.83. The van der Waals surface area contributed by atoms with Gasteiger partial charge in [-0.2, -0.15) is 0 Å². The van der Waals surface area contributed by atoms with Crippen molar-refractivity contribution < 1.29 is 4.79 Å². The van der Waals surface area contributed by atoms with Crippen LogP contribution in [0.5, 0.6) is 0 Å². The quantitative estimate of drug-likeness (QED) is 0.534. The molecule has 1 aliphatic rings. The van der Waals surface area contributed by atoms with Crippen LogP contribution < -0.4 is 0 Å². The minimum Gasteiger partial charge on any atom is -0.303 e. The third-order valence-corrected chi connectivity index (χ3v) is 3.19. The van der Waals surface area contributed by atoms with Gasteiger partial charge < -0.3 is 4.79 Å². The van der Waals surface area contributed by atoms with Crippen LogP contribution in [0.15, 0.2) is 30.3 Å². The summed E-state index contributed by atoms with van der Waals surface area (Å²) in [6, 6.07) is 9.74. The molecule has 1 fully saturated rings. The number of carbonyl (C=O) groups excluding carboxylic acids is 1. The van der Waals surface area contributed by atoms with Gasteiger partial charge in [0, 0.05) is 0 Å². The summed E-state index contributed by atoms with van der Waals surface area (Å²) in [6.45, 7) is 0. The Hall–Kier alpha value is -0.820. The van der Waals surface area contributed by atoms with Gasteiger partial charge in [-0.25, -0.2) is 0 Å².